The van der Waals surface area contributed by atoms with Crippen molar-refractivity contribution in [3.05, 3.63) is 28.5 Å². The highest BCUT2D eigenvalue weighted by molar-refractivity contribution is 9.10. The third kappa shape index (κ3) is 3.71. The van der Waals surface area contributed by atoms with E-state index in [1.807, 2.05) is 6.07 Å². The van der Waals surface area contributed by atoms with Crippen LogP contribution in [0.4, 0.5) is 10.1 Å². The summed E-state index contributed by atoms with van der Waals surface area (Å²) in [6.07, 6.45) is 7.44. The number of hydrogen-bond acceptors (Lipinski definition) is 1. The molecule has 1 aromatic carbocycles. The number of hydrogen-bond donors (Lipinski definition) is 1. The molecule has 2 atom stereocenters. The summed E-state index contributed by atoms with van der Waals surface area (Å²) in [6.45, 7) is 2.27. The first-order valence-electron chi connectivity index (χ1n) is 6.90. The van der Waals surface area contributed by atoms with E-state index in [0.717, 1.165) is 23.2 Å². The Morgan fingerprint density at radius 1 is 1.28 bits per heavy atom. The van der Waals surface area contributed by atoms with Gasteiger partial charge in [-0.1, -0.05) is 42.1 Å². The average molecular weight is 314 g/mol. The molecule has 0 amide bonds. The van der Waals surface area contributed by atoms with Gasteiger partial charge in [0, 0.05) is 10.5 Å². The molecule has 2 unspecified atom stereocenters. The zero-order valence-electron chi connectivity index (χ0n) is 10.9. The summed E-state index contributed by atoms with van der Waals surface area (Å²) in [4.78, 5) is 0. The second-order valence-electron chi connectivity index (χ2n) is 5.25. The van der Waals surface area contributed by atoms with E-state index in [9.17, 15) is 4.39 Å². The maximum Gasteiger partial charge on any atom is 0.146 e. The summed E-state index contributed by atoms with van der Waals surface area (Å²) in [5, 5.41) is 3.37. The van der Waals surface area contributed by atoms with Gasteiger partial charge in [-0.25, -0.2) is 4.39 Å². The molecule has 1 fully saturated rings. The van der Waals surface area contributed by atoms with Crippen LogP contribution in [0.5, 0.6) is 0 Å². The molecule has 0 spiro atoms. The first kappa shape index (κ1) is 13.9. The largest absolute Gasteiger partial charge is 0.380 e. The molecule has 1 nitrogen and oxygen atoms in total. The summed E-state index contributed by atoms with van der Waals surface area (Å²) >= 11 is 3.39. The predicted octanol–water partition coefficient (Wildman–Crippen LogP) is 5.36. The van der Waals surface area contributed by atoms with Gasteiger partial charge in [0.1, 0.15) is 5.82 Å². The van der Waals surface area contributed by atoms with Crippen molar-refractivity contribution in [1.29, 1.82) is 0 Å². The Balaban J connectivity index is 1.98. The average Bonchev–Trinajstić information content (AvgIpc) is 2.59. The fourth-order valence-electron chi connectivity index (χ4n) is 2.76. The van der Waals surface area contributed by atoms with Gasteiger partial charge >= 0.3 is 0 Å². The molecule has 18 heavy (non-hydrogen) atoms. The minimum absolute atomic E-state index is 0.158. The summed E-state index contributed by atoms with van der Waals surface area (Å²) < 4.78 is 14.6. The zero-order valence-corrected chi connectivity index (χ0v) is 12.5. The normalized spacial score (nSPS) is 24.6. The van der Waals surface area contributed by atoms with Crippen LogP contribution in [0, 0.1) is 11.7 Å². The van der Waals surface area contributed by atoms with E-state index in [-0.39, 0.29) is 5.82 Å². The first-order valence-corrected chi connectivity index (χ1v) is 7.70. The lowest BCUT2D eigenvalue weighted by molar-refractivity contribution is 0.444. The van der Waals surface area contributed by atoms with Crippen LogP contribution >= 0.6 is 15.9 Å². The third-order valence-corrected chi connectivity index (χ3v) is 4.45. The van der Waals surface area contributed by atoms with Gasteiger partial charge in [0.25, 0.3) is 0 Å². The molecule has 1 aromatic rings. The molecule has 100 valence electrons. The van der Waals surface area contributed by atoms with E-state index in [1.165, 1.54) is 31.7 Å². The highest BCUT2D eigenvalue weighted by atomic mass is 79.9. The molecule has 1 aliphatic rings. The molecule has 0 bridgehead atoms. The summed E-state index contributed by atoms with van der Waals surface area (Å²) in [5.74, 6) is 0.707. The molecule has 0 aliphatic heterocycles. The molecule has 3 heteroatoms. The first-order chi connectivity index (χ1) is 8.69. The van der Waals surface area contributed by atoms with Crippen molar-refractivity contribution in [1.82, 2.24) is 0 Å². The number of anilines is 1. The van der Waals surface area contributed by atoms with Crippen LogP contribution in [-0.4, -0.2) is 6.04 Å². The minimum Gasteiger partial charge on any atom is -0.380 e. The summed E-state index contributed by atoms with van der Waals surface area (Å²) in [6, 6.07) is 5.50. The molecule has 0 aromatic heterocycles. The van der Waals surface area contributed by atoms with Gasteiger partial charge in [0.05, 0.1) is 5.69 Å². The fourth-order valence-corrected chi connectivity index (χ4v) is 3.12. The standard InChI is InChI=1S/C15H21BrFN/c1-2-11-4-3-5-13(8-6-11)18-15-10-12(16)7-9-14(15)17/h7,9-11,13,18H,2-6,8H2,1H3. The molecule has 1 saturated carbocycles. The summed E-state index contributed by atoms with van der Waals surface area (Å²) in [7, 11) is 0. The van der Waals surface area contributed by atoms with Gasteiger partial charge in [-0.15, -0.1) is 0 Å². The number of nitrogens with one attached hydrogen (secondary N) is 1. The fraction of sp³-hybridized carbons (Fsp3) is 0.600. The highest BCUT2D eigenvalue weighted by Gasteiger charge is 2.18. The van der Waals surface area contributed by atoms with Crippen LogP contribution in [0.25, 0.3) is 0 Å². The van der Waals surface area contributed by atoms with E-state index in [4.69, 9.17) is 0 Å². The maximum absolute atomic E-state index is 13.7. The Kier molecular flexibility index (Phi) is 5.04. The van der Waals surface area contributed by atoms with Gasteiger partial charge < -0.3 is 5.32 Å². The van der Waals surface area contributed by atoms with Gasteiger partial charge in [-0.05, 0) is 43.4 Å². The molecule has 0 heterocycles. The van der Waals surface area contributed by atoms with Gasteiger partial charge in [-0.2, -0.15) is 0 Å². The number of halogens is 2. The quantitative estimate of drug-likeness (QED) is 0.741. The molecule has 0 saturated heterocycles. The Bertz CT molecular complexity index is 394. The smallest absolute Gasteiger partial charge is 0.146 e. The molecule has 1 aliphatic carbocycles. The van der Waals surface area contributed by atoms with Crippen molar-refractivity contribution in [2.45, 2.75) is 51.5 Å². The second-order valence-corrected chi connectivity index (χ2v) is 6.16. The van der Waals surface area contributed by atoms with Crippen LogP contribution < -0.4 is 5.32 Å². The molecule has 0 radical (unpaired) electrons. The SMILES string of the molecule is CCC1CCCC(Nc2cc(Br)ccc2F)CC1. The lowest BCUT2D eigenvalue weighted by Crippen LogP contribution is -2.19. The molecule has 1 N–H and O–H groups in total. The zero-order chi connectivity index (χ0) is 13.0. The Labute approximate surface area is 117 Å². The second kappa shape index (κ2) is 6.55. The lowest BCUT2D eigenvalue weighted by atomic mass is 9.98. The van der Waals surface area contributed by atoms with Crippen LogP contribution in [0.3, 0.4) is 0 Å². The van der Waals surface area contributed by atoms with Crippen LogP contribution in [0.1, 0.15) is 45.4 Å². The van der Waals surface area contributed by atoms with Crippen LogP contribution in [-0.2, 0) is 0 Å². The van der Waals surface area contributed by atoms with E-state index in [2.05, 4.69) is 28.2 Å². The van der Waals surface area contributed by atoms with Crippen molar-refractivity contribution in [3.63, 3.8) is 0 Å². The molecular formula is C15H21BrFN. The van der Waals surface area contributed by atoms with Crippen LogP contribution in [0.15, 0.2) is 22.7 Å². The molecule has 2 rings (SSSR count). The maximum atomic E-state index is 13.7. The van der Waals surface area contributed by atoms with E-state index in [1.54, 1.807) is 6.07 Å². The van der Waals surface area contributed by atoms with Gasteiger partial charge in [0.2, 0.25) is 0 Å². The van der Waals surface area contributed by atoms with Crippen molar-refractivity contribution < 1.29 is 4.39 Å². The monoisotopic (exact) mass is 313 g/mol. The van der Waals surface area contributed by atoms with E-state index in [0.29, 0.717) is 11.7 Å². The molecular weight excluding hydrogens is 293 g/mol. The predicted molar refractivity (Wildman–Crippen MR) is 78.4 cm³/mol. The Morgan fingerprint density at radius 2 is 2.11 bits per heavy atom. The topological polar surface area (TPSA) is 12.0 Å². The van der Waals surface area contributed by atoms with Crippen molar-refractivity contribution in [2.75, 3.05) is 5.32 Å². The van der Waals surface area contributed by atoms with Crippen molar-refractivity contribution in [3.8, 4) is 0 Å². The van der Waals surface area contributed by atoms with Crippen LogP contribution in [0.2, 0.25) is 0 Å². The number of rotatable bonds is 3. The van der Waals surface area contributed by atoms with Gasteiger partial charge in [-0.3, -0.25) is 0 Å². The van der Waals surface area contributed by atoms with Gasteiger partial charge in [0.15, 0.2) is 0 Å². The highest BCUT2D eigenvalue weighted by Crippen LogP contribution is 2.28. The number of benzene rings is 1. The van der Waals surface area contributed by atoms with Crippen molar-refractivity contribution in [2.24, 2.45) is 5.92 Å². The van der Waals surface area contributed by atoms with E-state index < -0.39 is 0 Å². The van der Waals surface area contributed by atoms with E-state index >= 15 is 0 Å². The third-order valence-electron chi connectivity index (χ3n) is 3.95. The Hall–Kier alpha value is -0.570. The van der Waals surface area contributed by atoms with Crippen molar-refractivity contribution >= 4 is 21.6 Å². The Morgan fingerprint density at radius 3 is 2.89 bits per heavy atom. The minimum atomic E-state index is -0.158. The summed E-state index contributed by atoms with van der Waals surface area (Å²) in [5.41, 5.74) is 0.629. The lowest BCUT2D eigenvalue weighted by Gasteiger charge is -2.18.